The summed E-state index contributed by atoms with van der Waals surface area (Å²) in [7, 11) is 2.01. The molecule has 0 heterocycles. The van der Waals surface area contributed by atoms with Gasteiger partial charge in [-0.05, 0) is 64.0 Å². The van der Waals surface area contributed by atoms with Gasteiger partial charge in [0, 0.05) is 6.61 Å². The van der Waals surface area contributed by atoms with Gasteiger partial charge in [-0.15, -0.1) is 0 Å². The first-order chi connectivity index (χ1) is 7.64. The summed E-state index contributed by atoms with van der Waals surface area (Å²) < 4.78 is 5.94. The molecule has 0 amide bonds. The van der Waals surface area contributed by atoms with Gasteiger partial charge in [0.05, 0.1) is 6.10 Å². The smallest absolute Gasteiger partial charge is 0.0575 e. The monoisotopic (exact) mass is 227 g/mol. The molecular formula is C14H29NO. The highest BCUT2D eigenvalue weighted by Gasteiger charge is 2.26. The number of hydrogen-bond acceptors (Lipinski definition) is 2. The molecule has 0 spiro atoms. The first kappa shape index (κ1) is 14.0. The number of nitrogens with one attached hydrogen (secondary N) is 1. The quantitative estimate of drug-likeness (QED) is 0.673. The van der Waals surface area contributed by atoms with Crippen LogP contribution in [0.25, 0.3) is 0 Å². The number of hydrogen-bond donors (Lipinski definition) is 1. The molecule has 0 saturated heterocycles. The third kappa shape index (κ3) is 5.86. The van der Waals surface area contributed by atoms with Crippen LogP contribution in [0.1, 0.15) is 58.8 Å². The van der Waals surface area contributed by atoms with Crippen LogP contribution in [0.2, 0.25) is 0 Å². The lowest BCUT2D eigenvalue weighted by atomic mass is 9.76. The fourth-order valence-electron chi connectivity index (χ4n) is 2.37. The highest BCUT2D eigenvalue weighted by Crippen LogP contribution is 2.36. The zero-order valence-electron chi connectivity index (χ0n) is 11.3. The summed E-state index contributed by atoms with van der Waals surface area (Å²) in [5.41, 5.74) is 0.562. The molecule has 1 fully saturated rings. The van der Waals surface area contributed by atoms with E-state index in [0.29, 0.717) is 11.5 Å². The minimum Gasteiger partial charge on any atom is -0.378 e. The normalized spacial score (nSPS) is 21.2. The van der Waals surface area contributed by atoms with E-state index in [2.05, 4.69) is 19.2 Å². The molecule has 0 atom stereocenters. The molecule has 1 aliphatic carbocycles. The van der Waals surface area contributed by atoms with Crippen molar-refractivity contribution in [2.45, 2.75) is 64.9 Å². The maximum Gasteiger partial charge on any atom is 0.0575 e. The van der Waals surface area contributed by atoms with Crippen molar-refractivity contribution in [3.05, 3.63) is 0 Å². The zero-order valence-corrected chi connectivity index (χ0v) is 11.3. The fraction of sp³-hybridized carbons (Fsp3) is 1.00. The number of rotatable bonds is 7. The topological polar surface area (TPSA) is 21.3 Å². The van der Waals surface area contributed by atoms with Crippen molar-refractivity contribution in [2.75, 3.05) is 20.2 Å². The van der Waals surface area contributed by atoms with Crippen LogP contribution in [-0.2, 0) is 4.74 Å². The first-order valence-corrected chi connectivity index (χ1v) is 6.90. The van der Waals surface area contributed by atoms with E-state index in [0.717, 1.165) is 13.2 Å². The molecule has 0 radical (unpaired) electrons. The minimum absolute atomic E-state index is 0.553. The lowest BCUT2D eigenvalue weighted by Crippen LogP contribution is -2.26. The third-order valence-corrected chi connectivity index (χ3v) is 3.71. The van der Waals surface area contributed by atoms with E-state index >= 15 is 0 Å². The van der Waals surface area contributed by atoms with Gasteiger partial charge in [0.2, 0.25) is 0 Å². The van der Waals surface area contributed by atoms with Crippen molar-refractivity contribution in [3.63, 3.8) is 0 Å². The van der Waals surface area contributed by atoms with Crippen LogP contribution < -0.4 is 5.32 Å². The van der Waals surface area contributed by atoms with Crippen LogP contribution in [0.3, 0.4) is 0 Å². The number of unbranched alkanes of at least 4 members (excludes halogenated alkanes) is 2. The van der Waals surface area contributed by atoms with E-state index in [-0.39, 0.29) is 0 Å². The van der Waals surface area contributed by atoms with Gasteiger partial charge in [-0.1, -0.05) is 13.8 Å². The van der Waals surface area contributed by atoms with E-state index in [1.807, 2.05) is 7.05 Å². The van der Waals surface area contributed by atoms with E-state index in [9.17, 15) is 0 Å². The Hall–Kier alpha value is -0.0800. The van der Waals surface area contributed by atoms with Crippen molar-refractivity contribution in [1.82, 2.24) is 5.32 Å². The van der Waals surface area contributed by atoms with Crippen molar-refractivity contribution in [1.29, 1.82) is 0 Å². The predicted molar refractivity (Wildman–Crippen MR) is 69.8 cm³/mol. The highest BCUT2D eigenvalue weighted by atomic mass is 16.5. The summed E-state index contributed by atoms with van der Waals surface area (Å²) in [5.74, 6) is 0. The van der Waals surface area contributed by atoms with Crippen LogP contribution >= 0.6 is 0 Å². The SMILES string of the molecule is CNCCCCCOC1CCC(C)(C)CC1. The van der Waals surface area contributed by atoms with E-state index in [1.165, 1.54) is 44.9 Å². The molecular weight excluding hydrogens is 198 g/mol. The van der Waals surface area contributed by atoms with Gasteiger partial charge in [0.25, 0.3) is 0 Å². The van der Waals surface area contributed by atoms with Gasteiger partial charge >= 0.3 is 0 Å². The molecule has 0 bridgehead atoms. The molecule has 1 saturated carbocycles. The Morgan fingerprint density at radius 2 is 1.81 bits per heavy atom. The standard InChI is InChI=1S/C14H29NO/c1-14(2)9-7-13(8-10-14)16-12-6-4-5-11-15-3/h13,15H,4-12H2,1-3H3. The largest absolute Gasteiger partial charge is 0.378 e. The van der Waals surface area contributed by atoms with E-state index in [4.69, 9.17) is 4.74 Å². The molecule has 0 aromatic heterocycles. The Kier molecular flexibility index (Phi) is 6.37. The van der Waals surface area contributed by atoms with Crippen LogP contribution in [0.5, 0.6) is 0 Å². The molecule has 1 aliphatic rings. The van der Waals surface area contributed by atoms with Gasteiger partial charge in [-0.25, -0.2) is 0 Å². The molecule has 96 valence electrons. The Balaban J connectivity index is 1.94. The first-order valence-electron chi connectivity index (χ1n) is 6.90. The second kappa shape index (κ2) is 7.29. The average Bonchev–Trinajstić information content (AvgIpc) is 2.25. The van der Waals surface area contributed by atoms with Crippen LogP contribution in [-0.4, -0.2) is 26.3 Å². The summed E-state index contributed by atoms with van der Waals surface area (Å²) in [4.78, 5) is 0. The molecule has 0 aromatic rings. The Morgan fingerprint density at radius 3 is 2.44 bits per heavy atom. The average molecular weight is 227 g/mol. The van der Waals surface area contributed by atoms with Crippen molar-refractivity contribution in [3.8, 4) is 0 Å². The van der Waals surface area contributed by atoms with Gasteiger partial charge in [-0.3, -0.25) is 0 Å². The molecule has 16 heavy (non-hydrogen) atoms. The van der Waals surface area contributed by atoms with Crippen LogP contribution in [0, 0.1) is 5.41 Å². The van der Waals surface area contributed by atoms with Crippen molar-refractivity contribution in [2.24, 2.45) is 5.41 Å². The van der Waals surface area contributed by atoms with Crippen LogP contribution in [0.15, 0.2) is 0 Å². The molecule has 1 rings (SSSR count). The second-order valence-corrected chi connectivity index (χ2v) is 5.90. The summed E-state index contributed by atoms with van der Waals surface area (Å²) in [6.45, 7) is 6.86. The lowest BCUT2D eigenvalue weighted by molar-refractivity contribution is 0.00278. The molecule has 0 unspecified atom stereocenters. The fourth-order valence-corrected chi connectivity index (χ4v) is 2.37. The minimum atomic E-state index is 0.553. The van der Waals surface area contributed by atoms with Crippen molar-refractivity contribution >= 4 is 0 Å². The molecule has 0 aromatic carbocycles. The second-order valence-electron chi connectivity index (χ2n) is 5.90. The maximum absolute atomic E-state index is 5.94. The Morgan fingerprint density at radius 1 is 1.12 bits per heavy atom. The van der Waals surface area contributed by atoms with Gasteiger partial charge in [0.15, 0.2) is 0 Å². The van der Waals surface area contributed by atoms with Gasteiger partial charge < -0.3 is 10.1 Å². The summed E-state index contributed by atoms with van der Waals surface area (Å²) in [6, 6.07) is 0. The highest BCUT2D eigenvalue weighted by molar-refractivity contribution is 4.78. The number of ether oxygens (including phenoxy) is 1. The molecule has 2 heteroatoms. The summed E-state index contributed by atoms with van der Waals surface area (Å²) in [5, 5.41) is 3.18. The predicted octanol–water partition coefficient (Wildman–Crippen LogP) is 3.36. The van der Waals surface area contributed by atoms with E-state index < -0.39 is 0 Å². The van der Waals surface area contributed by atoms with Gasteiger partial charge in [-0.2, -0.15) is 0 Å². The maximum atomic E-state index is 5.94. The summed E-state index contributed by atoms with van der Waals surface area (Å²) in [6.07, 6.45) is 9.54. The van der Waals surface area contributed by atoms with E-state index in [1.54, 1.807) is 0 Å². The van der Waals surface area contributed by atoms with Crippen molar-refractivity contribution < 1.29 is 4.74 Å². The Bertz CT molecular complexity index is 170. The van der Waals surface area contributed by atoms with Crippen LogP contribution in [0.4, 0.5) is 0 Å². The summed E-state index contributed by atoms with van der Waals surface area (Å²) >= 11 is 0. The molecule has 2 nitrogen and oxygen atoms in total. The molecule has 0 aliphatic heterocycles. The lowest BCUT2D eigenvalue weighted by Gasteiger charge is -2.34. The molecule has 1 N–H and O–H groups in total. The zero-order chi connectivity index (χ0) is 11.9. The van der Waals surface area contributed by atoms with Gasteiger partial charge in [0.1, 0.15) is 0 Å². The Labute approximate surface area is 101 Å². The third-order valence-electron chi connectivity index (χ3n) is 3.71.